The van der Waals surface area contributed by atoms with Crippen LogP contribution in [0.1, 0.15) is 22.5 Å². The van der Waals surface area contributed by atoms with Gasteiger partial charge in [0, 0.05) is 5.69 Å². The Bertz CT molecular complexity index is 546. The van der Waals surface area contributed by atoms with Crippen LogP contribution in [0.25, 0.3) is 0 Å². The van der Waals surface area contributed by atoms with Crippen molar-refractivity contribution in [2.45, 2.75) is 26.8 Å². The van der Waals surface area contributed by atoms with E-state index in [1.165, 1.54) is 5.56 Å². The zero-order chi connectivity index (χ0) is 13.1. The van der Waals surface area contributed by atoms with Crippen LogP contribution >= 0.6 is 0 Å². The Balaban J connectivity index is 2.27. The van der Waals surface area contributed by atoms with Crippen LogP contribution in [0.4, 0.5) is 0 Å². The minimum absolute atomic E-state index is 0.288. The topological polar surface area (TPSA) is 64.1 Å². The van der Waals surface area contributed by atoms with E-state index in [1.54, 1.807) is 12.1 Å². The van der Waals surface area contributed by atoms with E-state index in [0.717, 1.165) is 23.4 Å². The summed E-state index contributed by atoms with van der Waals surface area (Å²) in [5.74, 6) is 0.288. The Labute approximate surface area is 107 Å². The molecule has 1 heterocycles. The third-order valence-corrected chi connectivity index (χ3v) is 3.17. The molecule has 2 aromatic rings. The highest BCUT2D eigenvalue weighted by atomic mass is 16.3. The van der Waals surface area contributed by atoms with E-state index in [2.05, 4.69) is 12.0 Å². The third-order valence-electron chi connectivity index (χ3n) is 3.17. The molecule has 0 amide bonds. The third kappa shape index (κ3) is 2.54. The SMILES string of the molecule is Cc1nn(Cc2cccc(O)c2)c(C)c1CCN. The molecule has 4 heteroatoms. The molecule has 0 saturated carbocycles. The smallest absolute Gasteiger partial charge is 0.115 e. The lowest BCUT2D eigenvalue weighted by atomic mass is 10.1. The highest BCUT2D eigenvalue weighted by Gasteiger charge is 2.10. The van der Waals surface area contributed by atoms with E-state index < -0.39 is 0 Å². The summed E-state index contributed by atoms with van der Waals surface area (Å²) in [6.45, 7) is 5.38. The molecule has 0 unspecified atom stereocenters. The van der Waals surface area contributed by atoms with Crippen LogP contribution in [-0.2, 0) is 13.0 Å². The van der Waals surface area contributed by atoms with Gasteiger partial charge in [0.15, 0.2) is 0 Å². The second kappa shape index (κ2) is 5.23. The lowest BCUT2D eigenvalue weighted by molar-refractivity contribution is 0.474. The van der Waals surface area contributed by atoms with E-state index >= 15 is 0 Å². The van der Waals surface area contributed by atoms with Crippen LogP contribution in [0, 0.1) is 13.8 Å². The van der Waals surface area contributed by atoms with Gasteiger partial charge in [-0.2, -0.15) is 5.10 Å². The molecule has 0 aliphatic carbocycles. The summed E-state index contributed by atoms with van der Waals surface area (Å²) in [4.78, 5) is 0. The first kappa shape index (κ1) is 12.6. The number of aryl methyl sites for hydroxylation is 1. The minimum Gasteiger partial charge on any atom is -0.508 e. The first-order valence-electron chi connectivity index (χ1n) is 6.12. The van der Waals surface area contributed by atoms with Crippen molar-refractivity contribution in [1.29, 1.82) is 0 Å². The monoisotopic (exact) mass is 245 g/mol. The van der Waals surface area contributed by atoms with Crippen molar-refractivity contribution in [1.82, 2.24) is 9.78 Å². The molecule has 0 fully saturated rings. The standard InChI is InChI=1S/C14H19N3O/c1-10-14(6-7-15)11(2)17(16-10)9-12-4-3-5-13(18)8-12/h3-5,8,18H,6-7,9,15H2,1-2H3. The molecule has 0 atom stereocenters. The van der Waals surface area contributed by atoms with Gasteiger partial charge in [0.25, 0.3) is 0 Å². The predicted octanol–water partition coefficient (Wildman–Crippen LogP) is 1.76. The zero-order valence-electron chi connectivity index (χ0n) is 10.8. The second-order valence-electron chi connectivity index (χ2n) is 4.52. The number of hydrogen-bond donors (Lipinski definition) is 2. The van der Waals surface area contributed by atoms with Gasteiger partial charge in [0.2, 0.25) is 0 Å². The summed E-state index contributed by atoms with van der Waals surface area (Å²) in [5, 5.41) is 14.0. The maximum absolute atomic E-state index is 9.46. The van der Waals surface area contributed by atoms with Crippen LogP contribution in [0.15, 0.2) is 24.3 Å². The molecule has 96 valence electrons. The van der Waals surface area contributed by atoms with Gasteiger partial charge < -0.3 is 10.8 Å². The van der Waals surface area contributed by atoms with Gasteiger partial charge in [-0.3, -0.25) is 4.68 Å². The molecule has 0 saturated heterocycles. The number of benzene rings is 1. The Morgan fingerprint density at radius 2 is 2.11 bits per heavy atom. The second-order valence-corrected chi connectivity index (χ2v) is 4.52. The summed E-state index contributed by atoms with van der Waals surface area (Å²) in [6.07, 6.45) is 0.859. The molecule has 0 radical (unpaired) electrons. The highest BCUT2D eigenvalue weighted by molar-refractivity contribution is 5.29. The number of aromatic hydroxyl groups is 1. The molecule has 1 aromatic carbocycles. The summed E-state index contributed by atoms with van der Waals surface area (Å²) in [5.41, 5.74) is 10.1. The number of aromatic nitrogens is 2. The number of phenolic OH excluding ortho intramolecular Hbond substituents is 1. The Kier molecular flexibility index (Phi) is 3.67. The van der Waals surface area contributed by atoms with Crippen molar-refractivity contribution in [3.63, 3.8) is 0 Å². The van der Waals surface area contributed by atoms with Crippen molar-refractivity contribution in [3.8, 4) is 5.75 Å². The Hall–Kier alpha value is -1.81. The van der Waals surface area contributed by atoms with Crippen molar-refractivity contribution < 1.29 is 5.11 Å². The average molecular weight is 245 g/mol. The molecular weight excluding hydrogens is 226 g/mol. The van der Waals surface area contributed by atoms with Crippen molar-refractivity contribution in [2.75, 3.05) is 6.54 Å². The van der Waals surface area contributed by atoms with Crippen molar-refractivity contribution in [2.24, 2.45) is 5.73 Å². The van der Waals surface area contributed by atoms with Gasteiger partial charge in [-0.25, -0.2) is 0 Å². The number of rotatable bonds is 4. The van der Waals surface area contributed by atoms with Gasteiger partial charge in [-0.1, -0.05) is 12.1 Å². The molecule has 0 aliphatic rings. The lowest BCUT2D eigenvalue weighted by Gasteiger charge is -2.06. The molecule has 0 spiro atoms. The summed E-state index contributed by atoms with van der Waals surface area (Å²) in [6, 6.07) is 7.26. The number of phenols is 1. The van der Waals surface area contributed by atoms with Gasteiger partial charge in [-0.15, -0.1) is 0 Å². The number of nitrogens with zero attached hydrogens (tertiary/aromatic N) is 2. The molecule has 3 N–H and O–H groups in total. The van der Waals surface area contributed by atoms with E-state index in [0.29, 0.717) is 13.1 Å². The maximum atomic E-state index is 9.46. The molecule has 4 nitrogen and oxygen atoms in total. The first-order valence-corrected chi connectivity index (χ1v) is 6.12. The van der Waals surface area contributed by atoms with E-state index in [4.69, 9.17) is 5.73 Å². The summed E-state index contributed by atoms with van der Waals surface area (Å²) >= 11 is 0. The average Bonchev–Trinajstić information content (AvgIpc) is 2.57. The van der Waals surface area contributed by atoms with Crippen LogP contribution in [0.2, 0.25) is 0 Å². The van der Waals surface area contributed by atoms with Crippen LogP contribution < -0.4 is 5.73 Å². The fraction of sp³-hybridized carbons (Fsp3) is 0.357. The van der Waals surface area contributed by atoms with Gasteiger partial charge >= 0.3 is 0 Å². The maximum Gasteiger partial charge on any atom is 0.115 e. The molecule has 0 aliphatic heterocycles. The molecule has 1 aromatic heterocycles. The van der Waals surface area contributed by atoms with E-state index in [1.807, 2.05) is 23.7 Å². The minimum atomic E-state index is 0.288. The van der Waals surface area contributed by atoms with E-state index in [9.17, 15) is 5.11 Å². The number of hydrogen-bond acceptors (Lipinski definition) is 3. The lowest BCUT2D eigenvalue weighted by Crippen LogP contribution is -2.06. The highest BCUT2D eigenvalue weighted by Crippen LogP contribution is 2.17. The van der Waals surface area contributed by atoms with Crippen LogP contribution in [0.3, 0.4) is 0 Å². The van der Waals surface area contributed by atoms with Crippen LogP contribution in [0.5, 0.6) is 5.75 Å². The Morgan fingerprint density at radius 3 is 2.78 bits per heavy atom. The predicted molar refractivity (Wildman–Crippen MR) is 71.7 cm³/mol. The van der Waals surface area contributed by atoms with Crippen LogP contribution in [-0.4, -0.2) is 21.4 Å². The van der Waals surface area contributed by atoms with Crippen molar-refractivity contribution in [3.05, 3.63) is 46.8 Å². The van der Waals surface area contributed by atoms with Gasteiger partial charge in [0.1, 0.15) is 5.75 Å². The molecular formula is C14H19N3O. The fourth-order valence-corrected chi connectivity index (χ4v) is 2.22. The largest absolute Gasteiger partial charge is 0.508 e. The summed E-state index contributed by atoms with van der Waals surface area (Å²) in [7, 11) is 0. The Morgan fingerprint density at radius 1 is 1.33 bits per heavy atom. The normalized spacial score (nSPS) is 10.8. The zero-order valence-corrected chi connectivity index (χ0v) is 10.8. The van der Waals surface area contributed by atoms with Crippen molar-refractivity contribution >= 4 is 0 Å². The summed E-state index contributed by atoms with van der Waals surface area (Å²) < 4.78 is 1.97. The number of nitrogens with two attached hydrogens (primary N) is 1. The fourth-order valence-electron chi connectivity index (χ4n) is 2.22. The van der Waals surface area contributed by atoms with E-state index in [-0.39, 0.29) is 5.75 Å². The molecule has 0 bridgehead atoms. The van der Waals surface area contributed by atoms with Gasteiger partial charge in [0.05, 0.1) is 12.2 Å². The molecule has 18 heavy (non-hydrogen) atoms. The van der Waals surface area contributed by atoms with Gasteiger partial charge in [-0.05, 0) is 50.1 Å². The quantitative estimate of drug-likeness (QED) is 0.862. The first-order chi connectivity index (χ1) is 8.61. The molecule has 2 rings (SSSR count).